The van der Waals surface area contributed by atoms with Crippen LogP contribution in [-0.2, 0) is 0 Å². The Hall–Kier alpha value is -3.88. The molecule has 0 bridgehead atoms. The van der Waals surface area contributed by atoms with E-state index in [9.17, 15) is 0 Å². The van der Waals surface area contributed by atoms with Gasteiger partial charge in [0, 0.05) is 22.3 Å². The summed E-state index contributed by atoms with van der Waals surface area (Å²) in [7, 11) is 0. The van der Waals surface area contributed by atoms with Crippen LogP contribution in [0.4, 0.5) is 0 Å². The van der Waals surface area contributed by atoms with Crippen LogP contribution < -0.4 is 9.47 Å². The maximum absolute atomic E-state index is 6.05. The van der Waals surface area contributed by atoms with Gasteiger partial charge in [-0.05, 0) is 71.8 Å². The molecular weight excluding hydrogens is 368 g/mol. The highest BCUT2D eigenvalue weighted by atomic mass is 16.5. The average Bonchev–Trinajstić information content (AvgIpc) is 2.79. The second-order valence-electron chi connectivity index (χ2n) is 6.90. The predicted octanol–water partition coefficient (Wildman–Crippen LogP) is 6.42. The van der Waals surface area contributed by atoms with Crippen molar-refractivity contribution in [3.8, 4) is 47.3 Å². The van der Waals surface area contributed by atoms with Gasteiger partial charge in [0.1, 0.15) is 11.5 Å². The molecule has 0 radical (unpaired) electrons. The van der Waals surface area contributed by atoms with Gasteiger partial charge in [-0.2, -0.15) is 0 Å². The standard InChI is InChI=1S/C28H22O2/c1-5-19-9-13-23-21(17-19)11-15-25(29-7-3)27(23)28-24-14-10-20(6-2)18-22(24)12-16-26(28)30-8-4/h1-2,9-18H,7-8H2,3-4H3. The maximum atomic E-state index is 6.05. The molecule has 4 aromatic rings. The van der Waals surface area contributed by atoms with Crippen molar-refractivity contribution >= 4 is 21.5 Å². The Bertz CT molecular complexity index is 1230. The zero-order valence-electron chi connectivity index (χ0n) is 17.2. The number of terminal acetylenes is 2. The van der Waals surface area contributed by atoms with Crippen molar-refractivity contribution in [1.82, 2.24) is 0 Å². The number of hydrogen-bond donors (Lipinski definition) is 0. The molecule has 0 aromatic heterocycles. The summed E-state index contributed by atoms with van der Waals surface area (Å²) in [4.78, 5) is 0. The first-order valence-electron chi connectivity index (χ1n) is 10.0. The molecular formula is C28H22O2. The SMILES string of the molecule is C#Cc1ccc2c(-c3c(OCC)ccc4cc(C#C)ccc34)c(OCC)ccc2c1. The quantitative estimate of drug-likeness (QED) is 0.366. The van der Waals surface area contributed by atoms with Crippen LogP contribution in [0.15, 0.2) is 60.7 Å². The van der Waals surface area contributed by atoms with E-state index in [1.165, 1.54) is 0 Å². The Morgan fingerprint density at radius 3 is 1.43 bits per heavy atom. The lowest BCUT2D eigenvalue weighted by molar-refractivity contribution is 0.337. The van der Waals surface area contributed by atoms with Gasteiger partial charge in [0.25, 0.3) is 0 Å². The molecule has 30 heavy (non-hydrogen) atoms. The van der Waals surface area contributed by atoms with E-state index in [4.69, 9.17) is 22.3 Å². The van der Waals surface area contributed by atoms with E-state index in [0.717, 1.165) is 55.3 Å². The zero-order valence-corrected chi connectivity index (χ0v) is 17.2. The molecule has 0 aliphatic heterocycles. The second kappa shape index (κ2) is 8.24. The summed E-state index contributed by atoms with van der Waals surface area (Å²) in [5, 5.41) is 4.25. The van der Waals surface area contributed by atoms with Crippen molar-refractivity contribution in [2.24, 2.45) is 0 Å². The van der Waals surface area contributed by atoms with Crippen LogP contribution in [0.1, 0.15) is 25.0 Å². The fourth-order valence-electron chi connectivity index (χ4n) is 3.87. The largest absolute Gasteiger partial charge is 0.493 e. The summed E-state index contributed by atoms with van der Waals surface area (Å²) < 4.78 is 12.1. The molecule has 0 atom stereocenters. The highest BCUT2D eigenvalue weighted by molar-refractivity contribution is 6.10. The second-order valence-corrected chi connectivity index (χ2v) is 6.90. The number of hydrogen-bond acceptors (Lipinski definition) is 2. The first-order chi connectivity index (χ1) is 14.7. The van der Waals surface area contributed by atoms with Crippen LogP contribution in [0.5, 0.6) is 11.5 Å². The molecule has 0 aliphatic carbocycles. The summed E-state index contributed by atoms with van der Waals surface area (Å²) in [5.74, 6) is 7.06. The van der Waals surface area contributed by atoms with Crippen LogP contribution in [0.2, 0.25) is 0 Å². The van der Waals surface area contributed by atoms with E-state index in [1.807, 2.05) is 62.4 Å². The van der Waals surface area contributed by atoms with E-state index in [0.29, 0.717) is 13.2 Å². The fraction of sp³-hybridized carbons (Fsp3) is 0.143. The normalized spacial score (nSPS) is 10.5. The van der Waals surface area contributed by atoms with Crippen LogP contribution in [0, 0.1) is 24.7 Å². The van der Waals surface area contributed by atoms with Gasteiger partial charge in [0.2, 0.25) is 0 Å². The molecule has 0 amide bonds. The molecule has 2 heteroatoms. The summed E-state index contributed by atoms with van der Waals surface area (Å²) in [6.45, 7) is 5.11. The van der Waals surface area contributed by atoms with Gasteiger partial charge in [-0.1, -0.05) is 36.1 Å². The lowest BCUT2D eigenvalue weighted by Gasteiger charge is -2.19. The lowest BCUT2D eigenvalue weighted by atomic mass is 9.91. The molecule has 0 unspecified atom stereocenters. The maximum Gasteiger partial charge on any atom is 0.127 e. The molecule has 2 nitrogen and oxygen atoms in total. The topological polar surface area (TPSA) is 18.5 Å². The van der Waals surface area contributed by atoms with Crippen molar-refractivity contribution in [1.29, 1.82) is 0 Å². The molecule has 146 valence electrons. The van der Waals surface area contributed by atoms with Gasteiger partial charge in [-0.3, -0.25) is 0 Å². The predicted molar refractivity (Wildman–Crippen MR) is 125 cm³/mol. The minimum Gasteiger partial charge on any atom is -0.493 e. The number of fused-ring (bicyclic) bond motifs is 2. The smallest absolute Gasteiger partial charge is 0.127 e. The third-order valence-electron chi connectivity index (χ3n) is 5.15. The summed E-state index contributed by atoms with van der Waals surface area (Å²) in [6, 6.07) is 20.2. The highest BCUT2D eigenvalue weighted by Gasteiger charge is 2.19. The van der Waals surface area contributed by atoms with Crippen molar-refractivity contribution in [2.45, 2.75) is 13.8 Å². The van der Waals surface area contributed by atoms with Gasteiger partial charge >= 0.3 is 0 Å². The summed E-state index contributed by atoms with van der Waals surface area (Å²) >= 11 is 0. The minimum atomic E-state index is 0.566. The van der Waals surface area contributed by atoms with E-state index in [-0.39, 0.29) is 0 Å². The van der Waals surface area contributed by atoms with Crippen LogP contribution in [-0.4, -0.2) is 13.2 Å². The molecule has 0 N–H and O–H groups in total. The summed E-state index contributed by atoms with van der Waals surface area (Å²) in [5.41, 5.74) is 3.69. The van der Waals surface area contributed by atoms with Crippen molar-refractivity contribution < 1.29 is 9.47 Å². The van der Waals surface area contributed by atoms with Gasteiger partial charge in [0.05, 0.1) is 13.2 Å². The monoisotopic (exact) mass is 390 g/mol. The number of benzene rings is 4. The van der Waals surface area contributed by atoms with Gasteiger partial charge in [-0.25, -0.2) is 0 Å². The molecule has 4 aromatic carbocycles. The van der Waals surface area contributed by atoms with Crippen molar-refractivity contribution in [3.63, 3.8) is 0 Å². The number of rotatable bonds is 5. The molecule has 0 fully saturated rings. The first-order valence-corrected chi connectivity index (χ1v) is 10.0. The Balaban J connectivity index is 2.14. The fourth-order valence-corrected chi connectivity index (χ4v) is 3.87. The van der Waals surface area contributed by atoms with E-state index in [2.05, 4.69) is 24.0 Å². The van der Waals surface area contributed by atoms with Crippen LogP contribution in [0.3, 0.4) is 0 Å². The first kappa shape index (κ1) is 19.4. The molecule has 0 saturated carbocycles. The van der Waals surface area contributed by atoms with E-state index in [1.54, 1.807) is 0 Å². The zero-order chi connectivity index (χ0) is 21.1. The van der Waals surface area contributed by atoms with E-state index < -0.39 is 0 Å². The van der Waals surface area contributed by atoms with Gasteiger partial charge in [-0.15, -0.1) is 12.8 Å². The van der Waals surface area contributed by atoms with Crippen molar-refractivity contribution in [3.05, 3.63) is 71.8 Å². The molecule has 4 rings (SSSR count). The highest BCUT2D eigenvalue weighted by Crippen LogP contribution is 2.45. The summed E-state index contributed by atoms with van der Waals surface area (Å²) in [6.07, 6.45) is 11.2. The van der Waals surface area contributed by atoms with Crippen molar-refractivity contribution in [2.75, 3.05) is 13.2 Å². The molecule has 0 heterocycles. The Kier molecular flexibility index (Phi) is 5.34. The third-order valence-corrected chi connectivity index (χ3v) is 5.15. The van der Waals surface area contributed by atoms with Crippen LogP contribution in [0.25, 0.3) is 32.7 Å². The molecule has 0 spiro atoms. The Morgan fingerprint density at radius 2 is 1.07 bits per heavy atom. The molecule has 0 saturated heterocycles. The van der Waals surface area contributed by atoms with E-state index >= 15 is 0 Å². The minimum absolute atomic E-state index is 0.566. The van der Waals surface area contributed by atoms with Crippen LogP contribution >= 0.6 is 0 Å². The third kappa shape index (κ3) is 3.34. The molecule has 0 aliphatic rings. The lowest BCUT2D eigenvalue weighted by Crippen LogP contribution is -1.99. The van der Waals surface area contributed by atoms with Gasteiger partial charge < -0.3 is 9.47 Å². The number of ether oxygens (including phenoxy) is 2. The van der Waals surface area contributed by atoms with Gasteiger partial charge in [0.15, 0.2) is 0 Å². The average molecular weight is 390 g/mol. The Labute approximate surface area is 177 Å². The Morgan fingerprint density at radius 1 is 0.633 bits per heavy atom.